The van der Waals surface area contributed by atoms with E-state index in [4.69, 9.17) is 17.3 Å². The maximum absolute atomic E-state index is 13.1. The number of halogens is 2. The Kier molecular flexibility index (Phi) is 4.11. The number of nitrogens with one attached hydrogen (secondary N) is 1. The van der Waals surface area contributed by atoms with Crippen LogP contribution in [0.4, 0.5) is 15.8 Å². The smallest absolute Gasteiger partial charge is 0.143 e. The van der Waals surface area contributed by atoms with Gasteiger partial charge in [0.15, 0.2) is 0 Å². The summed E-state index contributed by atoms with van der Waals surface area (Å²) >= 11 is 5.74. The Hall–Kier alpha value is -0.960. The van der Waals surface area contributed by atoms with E-state index >= 15 is 0 Å². The predicted octanol–water partition coefficient (Wildman–Crippen LogP) is 4.05. The van der Waals surface area contributed by atoms with Gasteiger partial charge in [-0.3, -0.25) is 0 Å². The van der Waals surface area contributed by atoms with E-state index in [0.29, 0.717) is 11.6 Å². The summed E-state index contributed by atoms with van der Waals surface area (Å²) in [6, 6.07) is 2.83. The fourth-order valence-corrected chi connectivity index (χ4v) is 2.52. The maximum Gasteiger partial charge on any atom is 0.143 e. The van der Waals surface area contributed by atoms with E-state index in [0.717, 1.165) is 12.2 Å². The molecule has 0 aliphatic heterocycles. The van der Waals surface area contributed by atoms with Gasteiger partial charge in [0, 0.05) is 12.6 Å². The highest BCUT2D eigenvalue weighted by Gasteiger charge is 2.14. The van der Waals surface area contributed by atoms with Gasteiger partial charge in [0.1, 0.15) is 5.82 Å². The van der Waals surface area contributed by atoms with Crippen molar-refractivity contribution in [2.75, 3.05) is 17.6 Å². The first-order valence-corrected chi connectivity index (χ1v) is 6.53. The van der Waals surface area contributed by atoms with E-state index in [-0.39, 0.29) is 5.02 Å². The summed E-state index contributed by atoms with van der Waals surface area (Å²) in [7, 11) is 0. The Bertz CT molecular complexity index is 389. The lowest BCUT2D eigenvalue weighted by atomic mass is 9.89. The van der Waals surface area contributed by atoms with Crippen molar-refractivity contribution in [2.24, 2.45) is 5.92 Å². The number of anilines is 2. The largest absolute Gasteiger partial charge is 0.397 e. The minimum atomic E-state index is -0.465. The zero-order chi connectivity index (χ0) is 12.3. The second kappa shape index (κ2) is 5.58. The fourth-order valence-electron chi connectivity index (χ4n) is 2.36. The molecule has 0 aromatic heterocycles. The second-order valence-corrected chi connectivity index (χ2v) is 5.15. The van der Waals surface area contributed by atoms with Crippen LogP contribution < -0.4 is 11.1 Å². The normalized spacial score (nSPS) is 17.1. The third-order valence-corrected chi connectivity index (χ3v) is 3.69. The Morgan fingerprint density at radius 3 is 2.71 bits per heavy atom. The molecule has 4 heteroatoms. The van der Waals surface area contributed by atoms with Crippen LogP contribution in [0.2, 0.25) is 5.02 Å². The van der Waals surface area contributed by atoms with Crippen molar-refractivity contribution < 1.29 is 4.39 Å². The van der Waals surface area contributed by atoms with Gasteiger partial charge in [-0.25, -0.2) is 4.39 Å². The summed E-state index contributed by atoms with van der Waals surface area (Å²) in [6.07, 6.45) is 6.50. The van der Waals surface area contributed by atoms with Gasteiger partial charge in [0.25, 0.3) is 0 Å². The summed E-state index contributed by atoms with van der Waals surface area (Å²) in [4.78, 5) is 0. The van der Waals surface area contributed by atoms with Crippen LogP contribution in [0, 0.1) is 11.7 Å². The molecular formula is C13H18ClFN2. The maximum atomic E-state index is 13.1. The Morgan fingerprint density at radius 1 is 1.29 bits per heavy atom. The van der Waals surface area contributed by atoms with E-state index in [2.05, 4.69) is 5.32 Å². The van der Waals surface area contributed by atoms with Crippen molar-refractivity contribution in [1.29, 1.82) is 0 Å². The molecule has 2 rings (SSSR count). The van der Waals surface area contributed by atoms with Gasteiger partial charge in [-0.2, -0.15) is 0 Å². The molecule has 1 aromatic rings. The van der Waals surface area contributed by atoms with Gasteiger partial charge >= 0.3 is 0 Å². The summed E-state index contributed by atoms with van der Waals surface area (Å²) in [5, 5.41) is 3.39. The third-order valence-electron chi connectivity index (χ3n) is 3.40. The standard InChI is InChI=1S/C13H18ClFN2/c14-10-6-13(12(16)7-11(10)15)17-8-9-4-2-1-3-5-9/h6-7,9,17H,1-5,8,16H2. The first kappa shape index (κ1) is 12.5. The van der Waals surface area contributed by atoms with E-state index in [1.54, 1.807) is 6.07 Å². The number of rotatable bonds is 3. The number of hydrogen-bond acceptors (Lipinski definition) is 2. The number of nitrogen functional groups attached to an aromatic ring is 1. The van der Waals surface area contributed by atoms with Crippen molar-refractivity contribution in [3.8, 4) is 0 Å². The van der Waals surface area contributed by atoms with Crippen molar-refractivity contribution >= 4 is 23.0 Å². The molecular weight excluding hydrogens is 239 g/mol. The van der Waals surface area contributed by atoms with Gasteiger partial charge in [-0.1, -0.05) is 30.9 Å². The van der Waals surface area contributed by atoms with Crippen LogP contribution in [0.5, 0.6) is 0 Å². The zero-order valence-electron chi connectivity index (χ0n) is 9.81. The SMILES string of the molecule is Nc1cc(F)c(Cl)cc1NCC1CCCCC1. The Labute approximate surface area is 106 Å². The van der Waals surface area contributed by atoms with Gasteiger partial charge in [0.05, 0.1) is 16.4 Å². The highest BCUT2D eigenvalue weighted by atomic mass is 35.5. The van der Waals surface area contributed by atoms with Gasteiger partial charge in [0.2, 0.25) is 0 Å². The Balaban J connectivity index is 1.96. The molecule has 0 spiro atoms. The monoisotopic (exact) mass is 256 g/mol. The van der Waals surface area contributed by atoms with Crippen LogP contribution in [0.25, 0.3) is 0 Å². The molecule has 1 saturated carbocycles. The van der Waals surface area contributed by atoms with Gasteiger partial charge < -0.3 is 11.1 Å². The molecule has 1 fully saturated rings. The minimum Gasteiger partial charge on any atom is -0.397 e. The first-order chi connectivity index (χ1) is 8.16. The molecule has 94 valence electrons. The van der Waals surface area contributed by atoms with E-state index in [1.165, 1.54) is 38.2 Å². The summed E-state index contributed by atoms with van der Waals surface area (Å²) in [5.74, 6) is 0.236. The predicted molar refractivity (Wildman–Crippen MR) is 70.9 cm³/mol. The molecule has 1 aliphatic carbocycles. The average molecular weight is 257 g/mol. The summed E-state index contributed by atoms with van der Waals surface area (Å²) in [5.41, 5.74) is 6.90. The molecule has 1 aromatic carbocycles. The van der Waals surface area contributed by atoms with Crippen molar-refractivity contribution in [2.45, 2.75) is 32.1 Å². The van der Waals surface area contributed by atoms with Crippen LogP contribution in [0.3, 0.4) is 0 Å². The lowest BCUT2D eigenvalue weighted by Gasteiger charge is -2.22. The molecule has 0 atom stereocenters. The molecule has 0 radical (unpaired) electrons. The van der Waals surface area contributed by atoms with Crippen LogP contribution in [0.15, 0.2) is 12.1 Å². The van der Waals surface area contributed by atoms with Crippen molar-refractivity contribution in [3.05, 3.63) is 23.0 Å². The molecule has 0 heterocycles. The number of hydrogen-bond donors (Lipinski definition) is 2. The lowest BCUT2D eigenvalue weighted by Crippen LogP contribution is -2.17. The number of nitrogens with two attached hydrogens (primary N) is 1. The lowest BCUT2D eigenvalue weighted by molar-refractivity contribution is 0.373. The van der Waals surface area contributed by atoms with E-state index in [1.807, 2.05) is 0 Å². The topological polar surface area (TPSA) is 38.0 Å². The Morgan fingerprint density at radius 2 is 2.00 bits per heavy atom. The average Bonchev–Trinajstić information content (AvgIpc) is 2.33. The number of benzene rings is 1. The highest BCUT2D eigenvalue weighted by Crippen LogP contribution is 2.28. The second-order valence-electron chi connectivity index (χ2n) is 4.74. The molecule has 0 unspecified atom stereocenters. The summed E-state index contributed by atoms with van der Waals surface area (Å²) < 4.78 is 13.1. The quantitative estimate of drug-likeness (QED) is 0.801. The molecule has 0 amide bonds. The fraction of sp³-hybridized carbons (Fsp3) is 0.538. The molecule has 17 heavy (non-hydrogen) atoms. The molecule has 0 bridgehead atoms. The third kappa shape index (κ3) is 3.25. The first-order valence-electron chi connectivity index (χ1n) is 6.15. The van der Waals surface area contributed by atoms with Crippen LogP contribution in [-0.2, 0) is 0 Å². The van der Waals surface area contributed by atoms with E-state index < -0.39 is 5.82 Å². The molecule has 0 saturated heterocycles. The van der Waals surface area contributed by atoms with Crippen LogP contribution in [-0.4, -0.2) is 6.54 Å². The molecule has 1 aliphatic rings. The highest BCUT2D eigenvalue weighted by molar-refractivity contribution is 6.31. The van der Waals surface area contributed by atoms with Crippen molar-refractivity contribution in [3.63, 3.8) is 0 Å². The van der Waals surface area contributed by atoms with Gasteiger partial charge in [-0.15, -0.1) is 0 Å². The van der Waals surface area contributed by atoms with Gasteiger partial charge in [-0.05, 0) is 24.8 Å². The molecule has 3 N–H and O–H groups in total. The summed E-state index contributed by atoms with van der Waals surface area (Å²) in [6.45, 7) is 0.895. The van der Waals surface area contributed by atoms with Crippen LogP contribution >= 0.6 is 11.6 Å². The molecule has 2 nitrogen and oxygen atoms in total. The van der Waals surface area contributed by atoms with Crippen LogP contribution in [0.1, 0.15) is 32.1 Å². The van der Waals surface area contributed by atoms with Crippen molar-refractivity contribution in [1.82, 2.24) is 0 Å². The van der Waals surface area contributed by atoms with E-state index in [9.17, 15) is 4.39 Å². The zero-order valence-corrected chi connectivity index (χ0v) is 10.6. The minimum absolute atomic E-state index is 0.116.